The highest BCUT2D eigenvalue weighted by Crippen LogP contribution is 2.38. The lowest BCUT2D eigenvalue weighted by molar-refractivity contribution is -0.137. The van der Waals surface area contributed by atoms with E-state index in [0.717, 1.165) is 6.07 Å². The number of benzene rings is 1. The van der Waals surface area contributed by atoms with Crippen molar-refractivity contribution in [1.29, 1.82) is 0 Å². The third kappa shape index (κ3) is 2.33. The van der Waals surface area contributed by atoms with Crippen LogP contribution in [0.2, 0.25) is 0 Å². The predicted molar refractivity (Wildman–Crippen MR) is 60.9 cm³/mol. The van der Waals surface area contributed by atoms with Crippen molar-refractivity contribution in [1.82, 2.24) is 0 Å². The third-order valence-electron chi connectivity index (χ3n) is 2.97. The summed E-state index contributed by atoms with van der Waals surface area (Å²) in [6, 6.07) is 3.87. The molecule has 1 heterocycles. The number of hydrogen-bond donors (Lipinski definition) is 1. The molecule has 0 spiro atoms. The quantitative estimate of drug-likeness (QED) is 0.884. The van der Waals surface area contributed by atoms with E-state index in [9.17, 15) is 18.0 Å². The highest BCUT2D eigenvalue weighted by Gasteiger charge is 2.37. The number of anilines is 1. The smallest absolute Gasteiger partial charge is 0.326 e. The summed E-state index contributed by atoms with van der Waals surface area (Å²) >= 11 is 0. The van der Waals surface area contributed by atoms with Crippen molar-refractivity contribution in [2.45, 2.75) is 25.6 Å². The van der Waals surface area contributed by atoms with Crippen LogP contribution in [0.3, 0.4) is 0 Å². The van der Waals surface area contributed by atoms with Gasteiger partial charge in [0.05, 0.1) is 11.3 Å². The van der Waals surface area contributed by atoms with Crippen LogP contribution in [0.4, 0.5) is 18.9 Å². The van der Waals surface area contributed by atoms with E-state index in [-0.39, 0.29) is 18.1 Å². The van der Waals surface area contributed by atoms with Crippen LogP contribution < -0.4 is 10.6 Å². The van der Waals surface area contributed by atoms with Crippen molar-refractivity contribution < 1.29 is 18.0 Å². The van der Waals surface area contributed by atoms with Gasteiger partial charge in [-0.3, -0.25) is 4.79 Å². The number of halogens is 3. The topological polar surface area (TPSA) is 46.3 Å². The van der Waals surface area contributed by atoms with Crippen LogP contribution in [0, 0.1) is 0 Å². The largest absolute Gasteiger partial charge is 0.418 e. The second-order valence-electron chi connectivity index (χ2n) is 4.20. The van der Waals surface area contributed by atoms with Crippen LogP contribution in [0.1, 0.15) is 24.0 Å². The van der Waals surface area contributed by atoms with Crippen LogP contribution >= 0.6 is 0 Å². The summed E-state index contributed by atoms with van der Waals surface area (Å²) < 4.78 is 38.9. The van der Waals surface area contributed by atoms with Gasteiger partial charge in [0.15, 0.2) is 0 Å². The molecular formula is C12H13F3N2O. The van der Waals surface area contributed by atoms with Crippen molar-refractivity contribution in [2.75, 3.05) is 11.4 Å². The third-order valence-corrected chi connectivity index (χ3v) is 2.97. The van der Waals surface area contributed by atoms with Crippen molar-refractivity contribution in [3.63, 3.8) is 0 Å². The Hall–Kier alpha value is -1.56. The van der Waals surface area contributed by atoms with Gasteiger partial charge in [0.25, 0.3) is 0 Å². The Morgan fingerprint density at radius 1 is 1.33 bits per heavy atom. The number of nitrogens with zero attached hydrogens (tertiary/aromatic N) is 1. The summed E-state index contributed by atoms with van der Waals surface area (Å²) in [5.74, 6) is -0.263. The Balaban J connectivity index is 2.49. The Morgan fingerprint density at radius 3 is 2.56 bits per heavy atom. The number of carbonyl (C=O) groups excluding carboxylic acids is 1. The number of alkyl halides is 3. The monoisotopic (exact) mass is 258 g/mol. The molecule has 0 unspecified atom stereocenters. The molecular weight excluding hydrogens is 245 g/mol. The van der Waals surface area contributed by atoms with E-state index in [1.165, 1.54) is 17.0 Å². The minimum atomic E-state index is -4.48. The van der Waals surface area contributed by atoms with E-state index in [2.05, 4.69) is 0 Å². The maximum absolute atomic E-state index is 13.0. The Kier molecular flexibility index (Phi) is 3.30. The van der Waals surface area contributed by atoms with Gasteiger partial charge in [-0.25, -0.2) is 0 Å². The number of carbonyl (C=O) groups is 1. The normalized spacial score (nSPS) is 16.4. The Bertz CT molecular complexity index is 471. The highest BCUT2D eigenvalue weighted by molar-refractivity contribution is 5.96. The van der Waals surface area contributed by atoms with E-state index in [4.69, 9.17) is 5.73 Å². The molecule has 1 aromatic carbocycles. The van der Waals surface area contributed by atoms with Crippen LogP contribution in [-0.4, -0.2) is 12.5 Å². The van der Waals surface area contributed by atoms with E-state index in [1.54, 1.807) is 0 Å². The molecule has 2 N–H and O–H groups in total. The molecule has 0 aromatic heterocycles. The van der Waals surface area contributed by atoms with Gasteiger partial charge in [-0.15, -0.1) is 0 Å². The second-order valence-corrected chi connectivity index (χ2v) is 4.20. The molecule has 3 nitrogen and oxygen atoms in total. The molecule has 18 heavy (non-hydrogen) atoms. The lowest BCUT2D eigenvalue weighted by atomic mass is 10.1. The summed E-state index contributed by atoms with van der Waals surface area (Å²) in [4.78, 5) is 12.7. The molecule has 1 saturated heterocycles. The number of hydrogen-bond acceptors (Lipinski definition) is 2. The van der Waals surface area contributed by atoms with Crippen molar-refractivity contribution >= 4 is 11.6 Å². The fourth-order valence-corrected chi connectivity index (χ4v) is 2.08. The average molecular weight is 258 g/mol. The summed E-state index contributed by atoms with van der Waals surface area (Å²) in [5, 5.41) is 0. The molecule has 0 atom stereocenters. The molecule has 98 valence electrons. The van der Waals surface area contributed by atoms with E-state index < -0.39 is 11.7 Å². The minimum absolute atomic E-state index is 0.0390. The SMILES string of the molecule is NCc1ccc(N2CCCC2=O)c(C(F)(F)F)c1. The Morgan fingerprint density at radius 2 is 2.06 bits per heavy atom. The first kappa shape index (κ1) is 12.9. The zero-order valence-corrected chi connectivity index (χ0v) is 9.63. The molecule has 0 saturated carbocycles. The minimum Gasteiger partial charge on any atom is -0.326 e. The van der Waals surface area contributed by atoms with E-state index in [0.29, 0.717) is 24.9 Å². The standard InChI is InChI=1S/C12H13F3N2O/c13-12(14,15)9-6-8(7-16)3-4-10(9)17-5-1-2-11(17)18/h3-4,6H,1-2,5,7,16H2. The van der Waals surface area contributed by atoms with Crippen LogP contribution in [0.5, 0.6) is 0 Å². The van der Waals surface area contributed by atoms with Crippen LogP contribution in [-0.2, 0) is 17.5 Å². The molecule has 6 heteroatoms. The zero-order chi connectivity index (χ0) is 13.3. The number of amides is 1. The molecule has 0 bridgehead atoms. The maximum atomic E-state index is 13.0. The fourth-order valence-electron chi connectivity index (χ4n) is 2.08. The molecule has 1 fully saturated rings. The first-order valence-electron chi connectivity index (χ1n) is 5.64. The van der Waals surface area contributed by atoms with E-state index >= 15 is 0 Å². The van der Waals surface area contributed by atoms with Gasteiger partial charge in [-0.1, -0.05) is 6.07 Å². The van der Waals surface area contributed by atoms with Crippen molar-refractivity contribution in [3.05, 3.63) is 29.3 Å². The molecule has 1 aromatic rings. The second kappa shape index (κ2) is 4.61. The number of rotatable bonds is 2. The fraction of sp³-hybridized carbons (Fsp3) is 0.417. The lowest BCUT2D eigenvalue weighted by Gasteiger charge is -2.21. The van der Waals surface area contributed by atoms with Gasteiger partial charge in [-0.2, -0.15) is 13.2 Å². The molecule has 0 aliphatic carbocycles. The molecule has 2 rings (SSSR count). The lowest BCUT2D eigenvalue weighted by Crippen LogP contribution is -2.27. The van der Waals surface area contributed by atoms with Crippen LogP contribution in [0.25, 0.3) is 0 Å². The van der Waals surface area contributed by atoms with Gasteiger partial charge in [-0.05, 0) is 24.1 Å². The Labute approximate surface area is 102 Å². The maximum Gasteiger partial charge on any atom is 0.418 e. The highest BCUT2D eigenvalue weighted by atomic mass is 19.4. The first-order valence-corrected chi connectivity index (χ1v) is 5.64. The predicted octanol–water partition coefficient (Wildman–Crippen LogP) is 2.29. The van der Waals surface area contributed by atoms with Gasteiger partial charge in [0.2, 0.25) is 5.91 Å². The van der Waals surface area contributed by atoms with Crippen molar-refractivity contribution in [3.8, 4) is 0 Å². The molecule has 0 radical (unpaired) electrons. The average Bonchev–Trinajstić information content (AvgIpc) is 2.73. The van der Waals surface area contributed by atoms with E-state index in [1.807, 2.05) is 0 Å². The van der Waals surface area contributed by atoms with Gasteiger partial charge in [0, 0.05) is 19.5 Å². The summed E-state index contributed by atoms with van der Waals surface area (Å²) in [5.41, 5.74) is 4.89. The first-order chi connectivity index (χ1) is 8.43. The van der Waals surface area contributed by atoms with Gasteiger partial charge in [0.1, 0.15) is 0 Å². The van der Waals surface area contributed by atoms with Gasteiger partial charge < -0.3 is 10.6 Å². The zero-order valence-electron chi connectivity index (χ0n) is 9.63. The summed E-state index contributed by atoms with van der Waals surface area (Å²) in [6.07, 6.45) is -3.59. The number of nitrogens with two attached hydrogens (primary N) is 1. The van der Waals surface area contributed by atoms with Crippen molar-refractivity contribution in [2.24, 2.45) is 5.73 Å². The molecule has 1 aliphatic rings. The molecule has 1 aliphatic heterocycles. The van der Waals surface area contributed by atoms with Gasteiger partial charge >= 0.3 is 6.18 Å². The summed E-state index contributed by atoms with van der Waals surface area (Å²) in [6.45, 7) is 0.376. The summed E-state index contributed by atoms with van der Waals surface area (Å²) in [7, 11) is 0. The van der Waals surface area contributed by atoms with Crippen LogP contribution in [0.15, 0.2) is 18.2 Å². The molecule has 1 amide bonds.